The summed E-state index contributed by atoms with van der Waals surface area (Å²) in [6.07, 6.45) is 8.75. The molecular formula is C25H27N7O3. The number of carbonyl (C=O) groups excluding carboxylic acids is 2. The maximum atomic E-state index is 12.7. The molecule has 1 saturated carbocycles. The van der Waals surface area contributed by atoms with Crippen molar-refractivity contribution in [2.75, 3.05) is 41.1 Å². The van der Waals surface area contributed by atoms with Gasteiger partial charge in [0.2, 0.25) is 11.9 Å². The minimum absolute atomic E-state index is 0.0553. The molecule has 2 N–H and O–H groups in total. The van der Waals surface area contributed by atoms with Crippen LogP contribution in [0.3, 0.4) is 0 Å². The Kier molecular flexibility index (Phi) is 6.17. The standard InChI is InChI=1S/C25H27N7O3/c1-31-20-15-27-25(30-23(20)32(13-10-22(31)33)18-4-3-5-18)29-19-7-6-16(14-21(19)35-2)24(34)28-17-8-11-26-12-9-17/h6-9,11-12,14-15,18H,3-5,10,13H2,1-2H3,(H,26,28,34)(H,27,29,30). The third-order valence-electron chi connectivity index (χ3n) is 6.49. The van der Waals surface area contributed by atoms with Crippen LogP contribution in [-0.4, -0.2) is 53.5 Å². The fraction of sp³-hybridized carbons (Fsp3) is 0.320. The van der Waals surface area contributed by atoms with Crippen LogP contribution in [-0.2, 0) is 4.79 Å². The van der Waals surface area contributed by atoms with Gasteiger partial charge in [-0.2, -0.15) is 4.98 Å². The van der Waals surface area contributed by atoms with E-state index in [0.29, 0.717) is 53.3 Å². The molecule has 3 aromatic rings. The number of nitrogens with zero attached hydrogens (tertiary/aromatic N) is 5. The summed E-state index contributed by atoms with van der Waals surface area (Å²) in [5.74, 6) is 1.43. The lowest BCUT2D eigenvalue weighted by Gasteiger charge is -2.38. The summed E-state index contributed by atoms with van der Waals surface area (Å²) in [4.78, 5) is 42.2. The fourth-order valence-electron chi connectivity index (χ4n) is 4.25. The van der Waals surface area contributed by atoms with Gasteiger partial charge < -0.3 is 25.2 Å². The van der Waals surface area contributed by atoms with Gasteiger partial charge in [0.05, 0.1) is 19.0 Å². The van der Waals surface area contributed by atoms with Gasteiger partial charge >= 0.3 is 0 Å². The Morgan fingerprint density at radius 1 is 1.17 bits per heavy atom. The molecule has 2 aliphatic rings. The van der Waals surface area contributed by atoms with Crippen molar-refractivity contribution in [1.29, 1.82) is 0 Å². The first-order chi connectivity index (χ1) is 17.0. The van der Waals surface area contributed by atoms with Crippen LogP contribution in [0.15, 0.2) is 48.9 Å². The molecule has 0 atom stereocenters. The lowest BCUT2D eigenvalue weighted by atomic mass is 9.91. The SMILES string of the molecule is COc1cc(C(=O)Nc2ccncc2)ccc1Nc1ncc2c(n1)N(C1CCC1)CCC(=O)N2C. The third kappa shape index (κ3) is 4.59. The smallest absolute Gasteiger partial charge is 0.255 e. The van der Waals surface area contributed by atoms with Crippen molar-refractivity contribution in [1.82, 2.24) is 15.0 Å². The van der Waals surface area contributed by atoms with Crippen molar-refractivity contribution in [2.24, 2.45) is 0 Å². The van der Waals surface area contributed by atoms with Gasteiger partial charge in [-0.1, -0.05) is 0 Å². The molecule has 1 fully saturated rings. The zero-order valence-electron chi connectivity index (χ0n) is 19.7. The summed E-state index contributed by atoms with van der Waals surface area (Å²) in [6.45, 7) is 0.641. The van der Waals surface area contributed by atoms with E-state index in [2.05, 4.69) is 25.5 Å². The first-order valence-corrected chi connectivity index (χ1v) is 11.6. The Labute approximate surface area is 203 Å². The molecule has 1 aromatic carbocycles. The average Bonchev–Trinajstić information content (AvgIpc) is 2.96. The minimum Gasteiger partial charge on any atom is -0.495 e. The quantitative estimate of drug-likeness (QED) is 0.558. The molecule has 10 heteroatoms. The third-order valence-corrected chi connectivity index (χ3v) is 6.49. The van der Waals surface area contributed by atoms with Gasteiger partial charge in [-0.05, 0) is 49.6 Å². The van der Waals surface area contributed by atoms with Crippen molar-refractivity contribution < 1.29 is 14.3 Å². The second-order valence-electron chi connectivity index (χ2n) is 8.61. The molecule has 2 amide bonds. The summed E-state index contributed by atoms with van der Waals surface area (Å²) in [6, 6.07) is 8.96. The minimum atomic E-state index is -0.258. The number of fused-ring (bicyclic) bond motifs is 1. The number of hydrogen-bond donors (Lipinski definition) is 2. The largest absolute Gasteiger partial charge is 0.495 e. The van der Waals surface area contributed by atoms with Crippen LogP contribution in [0.25, 0.3) is 0 Å². The predicted molar refractivity (Wildman–Crippen MR) is 134 cm³/mol. The van der Waals surface area contributed by atoms with Gasteiger partial charge in [-0.3, -0.25) is 14.6 Å². The number of ether oxygens (including phenoxy) is 1. The van der Waals surface area contributed by atoms with E-state index in [1.54, 1.807) is 68.0 Å². The number of amides is 2. The maximum Gasteiger partial charge on any atom is 0.255 e. The molecule has 0 unspecified atom stereocenters. The fourth-order valence-corrected chi connectivity index (χ4v) is 4.25. The number of methoxy groups -OCH3 is 1. The van der Waals surface area contributed by atoms with Crippen LogP contribution in [0.1, 0.15) is 36.0 Å². The van der Waals surface area contributed by atoms with E-state index in [1.807, 2.05) is 0 Å². The number of anilines is 5. The number of rotatable bonds is 6. The first kappa shape index (κ1) is 22.6. The van der Waals surface area contributed by atoms with Gasteiger partial charge in [0.1, 0.15) is 11.4 Å². The predicted octanol–water partition coefficient (Wildman–Crippen LogP) is 3.60. The maximum absolute atomic E-state index is 12.7. The second-order valence-corrected chi connectivity index (χ2v) is 8.61. The number of nitrogens with one attached hydrogen (secondary N) is 2. The van der Waals surface area contributed by atoms with E-state index in [-0.39, 0.29) is 11.8 Å². The van der Waals surface area contributed by atoms with Gasteiger partial charge in [-0.25, -0.2) is 4.98 Å². The van der Waals surface area contributed by atoms with Crippen molar-refractivity contribution in [2.45, 2.75) is 31.7 Å². The summed E-state index contributed by atoms with van der Waals surface area (Å²) < 4.78 is 5.54. The van der Waals surface area contributed by atoms with Crippen molar-refractivity contribution in [3.8, 4) is 5.75 Å². The zero-order chi connectivity index (χ0) is 24.4. The van der Waals surface area contributed by atoms with Crippen LogP contribution in [0.4, 0.5) is 28.8 Å². The zero-order valence-corrected chi connectivity index (χ0v) is 19.7. The van der Waals surface area contributed by atoms with Crippen LogP contribution < -0.4 is 25.2 Å². The molecule has 0 radical (unpaired) electrons. The Morgan fingerprint density at radius 2 is 1.97 bits per heavy atom. The van der Waals surface area contributed by atoms with Crippen molar-refractivity contribution in [3.63, 3.8) is 0 Å². The topological polar surface area (TPSA) is 113 Å². The van der Waals surface area contributed by atoms with Crippen molar-refractivity contribution >= 4 is 40.6 Å². The van der Waals surface area contributed by atoms with E-state index in [9.17, 15) is 9.59 Å². The normalized spacial score (nSPS) is 15.7. The van der Waals surface area contributed by atoms with Crippen LogP contribution >= 0.6 is 0 Å². The van der Waals surface area contributed by atoms with E-state index in [0.717, 1.165) is 18.7 Å². The van der Waals surface area contributed by atoms with E-state index >= 15 is 0 Å². The van der Waals surface area contributed by atoms with Crippen molar-refractivity contribution in [3.05, 3.63) is 54.5 Å². The number of benzene rings is 1. The number of hydrogen-bond acceptors (Lipinski definition) is 8. The van der Waals surface area contributed by atoms with Crippen LogP contribution in [0.2, 0.25) is 0 Å². The molecule has 35 heavy (non-hydrogen) atoms. The Balaban J connectivity index is 1.40. The summed E-state index contributed by atoms with van der Waals surface area (Å²) in [5.41, 5.74) is 2.44. The molecule has 3 heterocycles. The molecule has 0 saturated heterocycles. The average molecular weight is 474 g/mol. The van der Waals surface area contributed by atoms with Gasteiger partial charge in [0, 0.05) is 49.7 Å². The lowest BCUT2D eigenvalue weighted by Crippen LogP contribution is -2.41. The Morgan fingerprint density at radius 3 is 2.69 bits per heavy atom. The molecule has 10 nitrogen and oxygen atoms in total. The van der Waals surface area contributed by atoms with E-state index in [4.69, 9.17) is 9.72 Å². The van der Waals surface area contributed by atoms with Gasteiger partial charge in [-0.15, -0.1) is 0 Å². The first-order valence-electron chi connectivity index (χ1n) is 11.6. The molecule has 180 valence electrons. The summed E-state index contributed by atoms with van der Waals surface area (Å²) in [5, 5.41) is 6.05. The highest BCUT2D eigenvalue weighted by Crippen LogP contribution is 2.37. The molecular weight excluding hydrogens is 446 g/mol. The monoisotopic (exact) mass is 473 g/mol. The molecule has 0 bridgehead atoms. The number of carbonyl (C=O) groups is 2. The Bertz CT molecular complexity index is 1250. The Hall–Kier alpha value is -4.21. The van der Waals surface area contributed by atoms with E-state index in [1.165, 1.54) is 6.42 Å². The molecule has 1 aliphatic heterocycles. The lowest BCUT2D eigenvalue weighted by molar-refractivity contribution is -0.118. The number of aromatic nitrogens is 3. The summed E-state index contributed by atoms with van der Waals surface area (Å²) in [7, 11) is 3.31. The second kappa shape index (κ2) is 9.57. The van der Waals surface area contributed by atoms with E-state index < -0.39 is 0 Å². The van der Waals surface area contributed by atoms with Crippen LogP contribution in [0, 0.1) is 0 Å². The highest BCUT2D eigenvalue weighted by atomic mass is 16.5. The number of pyridine rings is 1. The molecule has 0 spiro atoms. The molecule has 2 aromatic heterocycles. The highest BCUT2D eigenvalue weighted by Gasteiger charge is 2.33. The molecule has 1 aliphatic carbocycles. The highest BCUT2D eigenvalue weighted by molar-refractivity contribution is 6.05. The van der Waals surface area contributed by atoms with Crippen LogP contribution in [0.5, 0.6) is 5.75 Å². The van der Waals surface area contributed by atoms with Gasteiger partial charge in [0.25, 0.3) is 5.91 Å². The molecule has 5 rings (SSSR count). The van der Waals surface area contributed by atoms with Gasteiger partial charge in [0.15, 0.2) is 5.82 Å². The summed E-state index contributed by atoms with van der Waals surface area (Å²) >= 11 is 0.